The van der Waals surface area contributed by atoms with Gasteiger partial charge in [-0.25, -0.2) is 0 Å². The first-order valence-electron chi connectivity index (χ1n) is 9.77. The van der Waals surface area contributed by atoms with E-state index in [1.807, 2.05) is 30.3 Å². The molecule has 1 aliphatic heterocycles. The van der Waals surface area contributed by atoms with E-state index in [1.54, 1.807) is 19.2 Å². The fraction of sp³-hybridized carbons (Fsp3) is 0.409. The first kappa shape index (κ1) is 21.8. The minimum absolute atomic E-state index is 0.0242. The fourth-order valence-electron chi connectivity index (χ4n) is 3.38. The normalized spacial score (nSPS) is 15.1. The summed E-state index contributed by atoms with van der Waals surface area (Å²) in [5, 5.41) is 4.03. The maximum Gasteiger partial charge on any atom is 0.224 e. The van der Waals surface area contributed by atoms with Crippen LogP contribution in [-0.4, -0.2) is 50.2 Å². The molecule has 0 unspecified atom stereocenters. The van der Waals surface area contributed by atoms with Crippen LogP contribution in [0.1, 0.15) is 18.4 Å². The van der Waals surface area contributed by atoms with Crippen molar-refractivity contribution >= 4 is 29.1 Å². The first-order chi connectivity index (χ1) is 14.0. The number of nitrogens with zero attached hydrogens (tertiary/aromatic N) is 1. The van der Waals surface area contributed by atoms with E-state index in [4.69, 9.17) is 32.7 Å². The standard InChI is InChI=1S/C22H26Cl2N2O3/c1-28-18-4-2-3-16(13-18)14-22(27)25-9-12-26-10-7-17(8-11-26)29-19-5-6-20(23)21(24)15-19/h2-6,13,15,17H,7-12,14H2,1H3,(H,25,27). The van der Waals surface area contributed by atoms with Gasteiger partial charge in [0.25, 0.3) is 0 Å². The predicted octanol–water partition coefficient (Wildman–Crippen LogP) is 4.20. The van der Waals surface area contributed by atoms with E-state index >= 15 is 0 Å². The Morgan fingerprint density at radius 3 is 2.62 bits per heavy atom. The molecule has 0 radical (unpaired) electrons. The van der Waals surface area contributed by atoms with Crippen LogP contribution in [0, 0.1) is 0 Å². The summed E-state index contributed by atoms with van der Waals surface area (Å²) in [6, 6.07) is 12.9. The molecule has 0 aliphatic carbocycles. The second kappa shape index (κ2) is 10.7. The van der Waals surface area contributed by atoms with Crippen LogP contribution in [0.3, 0.4) is 0 Å². The molecule has 0 atom stereocenters. The largest absolute Gasteiger partial charge is 0.497 e. The Kier molecular flexibility index (Phi) is 8.04. The van der Waals surface area contributed by atoms with Gasteiger partial charge >= 0.3 is 0 Å². The quantitative estimate of drug-likeness (QED) is 0.673. The van der Waals surface area contributed by atoms with Gasteiger partial charge in [0.2, 0.25) is 5.91 Å². The summed E-state index contributed by atoms with van der Waals surface area (Å²) in [5.74, 6) is 1.54. The van der Waals surface area contributed by atoms with E-state index in [1.165, 1.54) is 0 Å². The zero-order valence-electron chi connectivity index (χ0n) is 16.5. The van der Waals surface area contributed by atoms with Crippen LogP contribution in [0.2, 0.25) is 10.0 Å². The van der Waals surface area contributed by atoms with Crippen LogP contribution in [-0.2, 0) is 11.2 Å². The molecule has 1 amide bonds. The van der Waals surface area contributed by atoms with Crippen molar-refractivity contribution in [3.05, 3.63) is 58.1 Å². The Morgan fingerprint density at radius 2 is 1.90 bits per heavy atom. The molecule has 1 N–H and O–H groups in total. The van der Waals surface area contributed by atoms with Crippen molar-refractivity contribution in [2.45, 2.75) is 25.4 Å². The topological polar surface area (TPSA) is 50.8 Å². The number of methoxy groups -OCH3 is 1. The summed E-state index contributed by atoms with van der Waals surface area (Å²) in [7, 11) is 1.62. The SMILES string of the molecule is COc1cccc(CC(=O)NCCN2CCC(Oc3ccc(Cl)c(Cl)c3)CC2)c1. The Balaban J connectivity index is 1.34. The van der Waals surface area contributed by atoms with Gasteiger partial charge in [-0.1, -0.05) is 35.3 Å². The molecular formula is C22H26Cl2N2O3. The van der Waals surface area contributed by atoms with Crippen LogP contribution in [0.5, 0.6) is 11.5 Å². The second-order valence-corrected chi connectivity index (χ2v) is 7.93. The molecule has 0 aromatic heterocycles. The lowest BCUT2D eigenvalue weighted by atomic mass is 10.1. The maximum atomic E-state index is 12.1. The van der Waals surface area contributed by atoms with E-state index in [0.717, 1.165) is 49.5 Å². The third-order valence-corrected chi connectivity index (χ3v) is 5.72. The molecule has 5 nitrogen and oxygen atoms in total. The minimum atomic E-state index is 0.0242. The number of hydrogen-bond acceptors (Lipinski definition) is 4. The third-order valence-electron chi connectivity index (χ3n) is 4.98. The highest BCUT2D eigenvalue weighted by Gasteiger charge is 2.20. The van der Waals surface area contributed by atoms with Gasteiger partial charge in [-0.05, 0) is 42.7 Å². The Labute approximate surface area is 181 Å². The van der Waals surface area contributed by atoms with Crippen molar-refractivity contribution in [1.29, 1.82) is 0 Å². The summed E-state index contributed by atoms with van der Waals surface area (Å²) in [6.07, 6.45) is 2.42. The highest BCUT2D eigenvalue weighted by Crippen LogP contribution is 2.28. The average Bonchev–Trinajstić information content (AvgIpc) is 2.72. The number of piperidine rings is 1. The van der Waals surface area contributed by atoms with E-state index in [-0.39, 0.29) is 12.0 Å². The molecule has 2 aromatic rings. The number of amides is 1. The third kappa shape index (κ3) is 6.81. The first-order valence-corrected chi connectivity index (χ1v) is 10.5. The smallest absolute Gasteiger partial charge is 0.224 e. The Morgan fingerprint density at radius 1 is 1.10 bits per heavy atom. The number of hydrogen-bond donors (Lipinski definition) is 1. The van der Waals surface area contributed by atoms with E-state index < -0.39 is 0 Å². The molecule has 0 spiro atoms. The molecule has 1 heterocycles. The molecule has 0 bridgehead atoms. The molecule has 7 heteroatoms. The minimum Gasteiger partial charge on any atom is -0.497 e. The highest BCUT2D eigenvalue weighted by atomic mass is 35.5. The summed E-state index contributed by atoms with van der Waals surface area (Å²) in [6.45, 7) is 3.36. The molecule has 0 saturated carbocycles. The van der Waals surface area contributed by atoms with Gasteiger partial charge in [-0.2, -0.15) is 0 Å². The number of nitrogens with one attached hydrogen (secondary N) is 1. The van der Waals surface area contributed by atoms with Crippen molar-refractivity contribution < 1.29 is 14.3 Å². The van der Waals surface area contributed by atoms with Gasteiger partial charge in [0.05, 0.1) is 23.6 Å². The van der Waals surface area contributed by atoms with Crippen molar-refractivity contribution in [2.75, 3.05) is 33.3 Å². The van der Waals surface area contributed by atoms with Crippen LogP contribution in [0.15, 0.2) is 42.5 Å². The number of ether oxygens (including phenoxy) is 2. The predicted molar refractivity (Wildman–Crippen MR) is 116 cm³/mol. The van der Waals surface area contributed by atoms with E-state index in [0.29, 0.717) is 23.0 Å². The maximum absolute atomic E-state index is 12.1. The van der Waals surface area contributed by atoms with Gasteiger partial charge in [0.15, 0.2) is 0 Å². The lowest BCUT2D eigenvalue weighted by Gasteiger charge is -2.32. The molecule has 1 aliphatic rings. The molecule has 1 fully saturated rings. The second-order valence-electron chi connectivity index (χ2n) is 7.11. The number of carbonyl (C=O) groups is 1. The van der Waals surface area contributed by atoms with E-state index in [9.17, 15) is 4.79 Å². The zero-order valence-corrected chi connectivity index (χ0v) is 18.0. The van der Waals surface area contributed by atoms with Crippen LogP contribution in [0.25, 0.3) is 0 Å². The van der Waals surface area contributed by atoms with Crippen molar-refractivity contribution in [3.8, 4) is 11.5 Å². The molecule has 3 rings (SSSR count). The summed E-state index contributed by atoms with van der Waals surface area (Å²) >= 11 is 12.0. The summed E-state index contributed by atoms with van der Waals surface area (Å²) < 4.78 is 11.2. The van der Waals surface area contributed by atoms with Crippen molar-refractivity contribution in [3.63, 3.8) is 0 Å². The molecule has 29 heavy (non-hydrogen) atoms. The van der Waals surface area contributed by atoms with Gasteiger partial charge < -0.3 is 19.7 Å². The van der Waals surface area contributed by atoms with Crippen LogP contribution < -0.4 is 14.8 Å². The number of likely N-dealkylation sites (tertiary alicyclic amines) is 1. The molecular weight excluding hydrogens is 411 g/mol. The number of rotatable bonds is 8. The highest BCUT2D eigenvalue weighted by molar-refractivity contribution is 6.42. The number of benzene rings is 2. The molecule has 156 valence electrons. The van der Waals surface area contributed by atoms with Gasteiger partial charge in [0, 0.05) is 32.2 Å². The zero-order chi connectivity index (χ0) is 20.6. The average molecular weight is 437 g/mol. The molecule has 1 saturated heterocycles. The summed E-state index contributed by atoms with van der Waals surface area (Å²) in [4.78, 5) is 14.5. The summed E-state index contributed by atoms with van der Waals surface area (Å²) in [5.41, 5.74) is 0.946. The monoisotopic (exact) mass is 436 g/mol. The van der Waals surface area contributed by atoms with Gasteiger partial charge in [-0.3, -0.25) is 4.79 Å². The van der Waals surface area contributed by atoms with Gasteiger partial charge in [0.1, 0.15) is 17.6 Å². The van der Waals surface area contributed by atoms with Crippen LogP contribution >= 0.6 is 23.2 Å². The van der Waals surface area contributed by atoms with Crippen molar-refractivity contribution in [1.82, 2.24) is 10.2 Å². The van der Waals surface area contributed by atoms with Crippen molar-refractivity contribution in [2.24, 2.45) is 0 Å². The number of carbonyl (C=O) groups excluding carboxylic acids is 1. The lowest BCUT2D eigenvalue weighted by Crippen LogP contribution is -2.42. The van der Waals surface area contributed by atoms with Crippen LogP contribution in [0.4, 0.5) is 0 Å². The number of halogens is 2. The molecule has 2 aromatic carbocycles. The van der Waals surface area contributed by atoms with E-state index in [2.05, 4.69) is 10.2 Å². The fourth-order valence-corrected chi connectivity index (χ4v) is 3.67. The Bertz CT molecular complexity index is 823. The Hall–Kier alpha value is -1.95. The van der Waals surface area contributed by atoms with Gasteiger partial charge in [-0.15, -0.1) is 0 Å². The lowest BCUT2D eigenvalue weighted by molar-refractivity contribution is -0.120.